The van der Waals surface area contributed by atoms with Crippen LogP contribution in [-0.2, 0) is 6.42 Å². The van der Waals surface area contributed by atoms with E-state index in [4.69, 9.17) is 11.6 Å². The number of anilines is 2. The maximum atomic E-state index is 12.6. The first-order valence-corrected chi connectivity index (χ1v) is 7.29. The van der Waals surface area contributed by atoms with E-state index in [0.29, 0.717) is 10.4 Å². The molecule has 2 aromatic carbocycles. The van der Waals surface area contributed by atoms with E-state index < -0.39 is 0 Å². The van der Waals surface area contributed by atoms with Gasteiger partial charge in [0.15, 0.2) is 5.43 Å². The molecule has 0 atom stereocenters. The molecule has 4 heteroatoms. The summed E-state index contributed by atoms with van der Waals surface area (Å²) in [7, 11) is 0. The first-order valence-electron chi connectivity index (χ1n) is 6.91. The van der Waals surface area contributed by atoms with Gasteiger partial charge >= 0.3 is 0 Å². The lowest BCUT2D eigenvalue weighted by atomic mass is 10.1. The fraction of sp³-hybridized carbons (Fsp3) is 0.118. The van der Waals surface area contributed by atoms with E-state index in [1.54, 1.807) is 12.1 Å². The van der Waals surface area contributed by atoms with E-state index in [1.165, 1.54) is 0 Å². The average Bonchev–Trinajstić information content (AvgIpc) is 2.93. The molecule has 3 aromatic rings. The van der Waals surface area contributed by atoms with Crippen molar-refractivity contribution in [3.05, 3.63) is 69.3 Å². The molecule has 1 N–H and O–H groups in total. The second kappa shape index (κ2) is 4.64. The zero-order chi connectivity index (χ0) is 14.4. The second-order valence-electron chi connectivity index (χ2n) is 5.21. The monoisotopic (exact) mass is 296 g/mol. The number of H-pyrrole nitrogens is 1. The van der Waals surface area contributed by atoms with Crippen molar-refractivity contribution in [3.63, 3.8) is 0 Å². The SMILES string of the molecule is O=c1c2c([nH]c3ccc(Cl)cc13)N(c1ccccc1)CC2. The van der Waals surface area contributed by atoms with E-state index in [2.05, 4.69) is 22.0 Å². The number of nitrogens with one attached hydrogen (secondary N) is 1. The van der Waals surface area contributed by atoms with Crippen molar-refractivity contribution in [2.75, 3.05) is 11.4 Å². The Morgan fingerprint density at radius 1 is 1.10 bits per heavy atom. The van der Waals surface area contributed by atoms with Gasteiger partial charge in [0.2, 0.25) is 0 Å². The van der Waals surface area contributed by atoms with Gasteiger partial charge in [-0.3, -0.25) is 4.79 Å². The molecule has 2 heterocycles. The predicted octanol–water partition coefficient (Wildman–Crippen LogP) is 3.88. The zero-order valence-corrected chi connectivity index (χ0v) is 12.0. The van der Waals surface area contributed by atoms with Crippen LogP contribution in [0.5, 0.6) is 0 Å². The van der Waals surface area contributed by atoms with Gasteiger partial charge in [-0.2, -0.15) is 0 Å². The third-order valence-corrected chi connectivity index (χ3v) is 4.20. The van der Waals surface area contributed by atoms with Crippen molar-refractivity contribution in [3.8, 4) is 0 Å². The van der Waals surface area contributed by atoms with Gasteiger partial charge < -0.3 is 9.88 Å². The molecule has 104 valence electrons. The normalized spacial score (nSPS) is 13.7. The molecule has 1 aliphatic rings. The number of aromatic amines is 1. The standard InChI is InChI=1S/C17H13ClN2O/c18-11-6-7-15-14(10-11)16(21)13-8-9-20(17(13)19-15)12-4-2-1-3-5-12/h1-7,10H,8-9H2,(H,19,21). The molecule has 3 nitrogen and oxygen atoms in total. The van der Waals surface area contributed by atoms with E-state index in [9.17, 15) is 4.79 Å². The summed E-state index contributed by atoms with van der Waals surface area (Å²) in [6, 6.07) is 15.5. The number of fused-ring (bicyclic) bond motifs is 2. The average molecular weight is 297 g/mol. The summed E-state index contributed by atoms with van der Waals surface area (Å²) < 4.78 is 0. The third-order valence-electron chi connectivity index (χ3n) is 3.96. The van der Waals surface area contributed by atoms with Crippen molar-refractivity contribution in [1.82, 2.24) is 4.98 Å². The largest absolute Gasteiger partial charge is 0.341 e. The van der Waals surface area contributed by atoms with Crippen molar-refractivity contribution >= 4 is 34.0 Å². The number of aromatic nitrogens is 1. The molecule has 0 spiro atoms. The molecular weight excluding hydrogens is 284 g/mol. The van der Waals surface area contributed by atoms with Gasteiger partial charge in [0, 0.05) is 28.2 Å². The van der Waals surface area contributed by atoms with Crippen LogP contribution in [0.25, 0.3) is 10.9 Å². The third kappa shape index (κ3) is 1.93. The fourth-order valence-electron chi connectivity index (χ4n) is 2.95. The molecule has 0 unspecified atom stereocenters. The number of para-hydroxylation sites is 1. The Bertz CT molecular complexity index is 886. The minimum Gasteiger partial charge on any atom is -0.341 e. The van der Waals surface area contributed by atoms with Crippen LogP contribution in [-0.4, -0.2) is 11.5 Å². The second-order valence-corrected chi connectivity index (χ2v) is 5.64. The topological polar surface area (TPSA) is 36.1 Å². The smallest absolute Gasteiger partial charge is 0.194 e. The Hall–Kier alpha value is -2.26. The Morgan fingerprint density at radius 3 is 2.71 bits per heavy atom. The first-order chi connectivity index (χ1) is 10.2. The van der Waals surface area contributed by atoms with Gasteiger partial charge in [0.05, 0.1) is 5.52 Å². The Morgan fingerprint density at radius 2 is 1.90 bits per heavy atom. The van der Waals surface area contributed by atoms with Crippen LogP contribution in [0.1, 0.15) is 5.56 Å². The number of nitrogens with zero attached hydrogens (tertiary/aromatic N) is 1. The Balaban J connectivity index is 1.96. The molecule has 0 amide bonds. The minimum absolute atomic E-state index is 0.0830. The molecular formula is C17H13ClN2O. The highest BCUT2D eigenvalue weighted by Gasteiger charge is 2.24. The van der Waals surface area contributed by atoms with Gasteiger partial charge in [0.25, 0.3) is 0 Å². The highest BCUT2D eigenvalue weighted by Crippen LogP contribution is 2.32. The summed E-state index contributed by atoms with van der Waals surface area (Å²) >= 11 is 6.00. The molecule has 0 saturated carbocycles. The van der Waals surface area contributed by atoms with E-state index >= 15 is 0 Å². The van der Waals surface area contributed by atoms with Gasteiger partial charge in [-0.1, -0.05) is 29.8 Å². The van der Waals surface area contributed by atoms with Crippen LogP contribution in [0.2, 0.25) is 5.02 Å². The van der Waals surface area contributed by atoms with Crippen molar-refractivity contribution in [2.24, 2.45) is 0 Å². The lowest BCUT2D eigenvalue weighted by Gasteiger charge is -2.19. The lowest BCUT2D eigenvalue weighted by Crippen LogP contribution is -2.15. The highest BCUT2D eigenvalue weighted by atomic mass is 35.5. The molecule has 1 aliphatic heterocycles. The first kappa shape index (κ1) is 12.5. The van der Waals surface area contributed by atoms with E-state index in [0.717, 1.165) is 35.6 Å². The predicted molar refractivity (Wildman–Crippen MR) is 86.7 cm³/mol. The molecule has 0 radical (unpaired) electrons. The number of benzene rings is 2. The van der Waals surface area contributed by atoms with Crippen molar-refractivity contribution in [1.29, 1.82) is 0 Å². The number of pyridine rings is 1. The maximum absolute atomic E-state index is 12.6. The van der Waals surface area contributed by atoms with Crippen molar-refractivity contribution < 1.29 is 0 Å². The summed E-state index contributed by atoms with van der Waals surface area (Å²) in [5.74, 6) is 0.904. The number of hydrogen-bond donors (Lipinski definition) is 1. The molecule has 1 aromatic heterocycles. The molecule has 0 bridgehead atoms. The Kier molecular flexibility index (Phi) is 2.76. The summed E-state index contributed by atoms with van der Waals surface area (Å²) in [5, 5.41) is 1.25. The maximum Gasteiger partial charge on any atom is 0.194 e. The fourth-order valence-corrected chi connectivity index (χ4v) is 3.12. The highest BCUT2D eigenvalue weighted by molar-refractivity contribution is 6.31. The molecule has 0 aliphatic carbocycles. The lowest BCUT2D eigenvalue weighted by molar-refractivity contribution is 0.989. The van der Waals surface area contributed by atoms with Crippen molar-refractivity contribution in [2.45, 2.75) is 6.42 Å². The van der Waals surface area contributed by atoms with Crippen LogP contribution in [0.4, 0.5) is 11.5 Å². The van der Waals surface area contributed by atoms with Crippen LogP contribution in [0.15, 0.2) is 53.3 Å². The van der Waals surface area contributed by atoms with Gasteiger partial charge in [-0.05, 0) is 36.8 Å². The van der Waals surface area contributed by atoms with Crippen LogP contribution < -0.4 is 10.3 Å². The summed E-state index contributed by atoms with van der Waals surface area (Å²) in [5.41, 5.74) is 2.85. The summed E-state index contributed by atoms with van der Waals surface area (Å²) in [6.07, 6.45) is 0.752. The van der Waals surface area contributed by atoms with E-state index in [1.807, 2.05) is 24.3 Å². The number of halogens is 1. The summed E-state index contributed by atoms with van der Waals surface area (Å²) in [6.45, 7) is 0.815. The molecule has 0 saturated heterocycles. The molecule has 21 heavy (non-hydrogen) atoms. The molecule has 4 rings (SSSR count). The number of hydrogen-bond acceptors (Lipinski definition) is 2. The molecule has 0 fully saturated rings. The zero-order valence-electron chi connectivity index (χ0n) is 11.3. The quantitative estimate of drug-likeness (QED) is 0.740. The van der Waals surface area contributed by atoms with Crippen LogP contribution in [0.3, 0.4) is 0 Å². The van der Waals surface area contributed by atoms with Crippen LogP contribution in [0, 0.1) is 0 Å². The van der Waals surface area contributed by atoms with Gasteiger partial charge in [-0.25, -0.2) is 0 Å². The van der Waals surface area contributed by atoms with Crippen LogP contribution >= 0.6 is 11.6 Å². The Labute approximate surface area is 126 Å². The summed E-state index contributed by atoms with van der Waals surface area (Å²) in [4.78, 5) is 18.2. The van der Waals surface area contributed by atoms with Gasteiger partial charge in [0.1, 0.15) is 5.82 Å². The van der Waals surface area contributed by atoms with E-state index in [-0.39, 0.29) is 5.43 Å². The number of rotatable bonds is 1. The minimum atomic E-state index is 0.0830. The van der Waals surface area contributed by atoms with Gasteiger partial charge in [-0.15, -0.1) is 0 Å².